The lowest BCUT2D eigenvalue weighted by atomic mass is 10.0. The summed E-state index contributed by atoms with van der Waals surface area (Å²) in [5.41, 5.74) is 4.57. The van der Waals surface area contributed by atoms with Gasteiger partial charge in [0.2, 0.25) is 0 Å². The maximum Gasteiger partial charge on any atom is 0.481 e. The van der Waals surface area contributed by atoms with Gasteiger partial charge >= 0.3 is 33.3 Å². The largest absolute Gasteiger partial charge is 0.481 e. The highest BCUT2D eigenvalue weighted by molar-refractivity contribution is 7.61. The van der Waals surface area contributed by atoms with Crippen LogP contribution in [0.15, 0.2) is 65.7 Å². The second-order valence-corrected chi connectivity index (χ2v) is 22.7. The molecule has 2 unspecified atom stereocenters. The van der Waals surface area contributed by atoms with Crippen molar-refractivity contribution in [2.75, 3.05) is 25.6 Å². The van der Waals surface area contributed by atoms with Gasteiger partial charge in [0.25, 0.3) is 0 Å². The van der Waals surface area contributed by atoms with E-state index in [0.717, 1.165) is 61.6 Å². The monoisotopic (exact) mass is 1100 g/mol. The molecule has 9 atom stereocenters. The van der Waals surface area contributed by atoms with Crippen LogP contribution >= 0.6 is 15.6 Å². The number of hydrogen-bond donors (Lipinski definition) is 7. The molecule has 1 aliphatic heterocycles. The summed E-state index contributed by atoms with van der Waals surface area (Å²) in [4.78, 5) is 62.0. The van der Waals surface area contributed by atoms with Gasteiger partial charge in [0.15, 0.2) is 12.3 Å². The number of carbonyl (C=O) groups excluding carboxylic acids is 2. The Labute approximate surface area is 445 Å². The molecular formula is C53H91N3O17P2. The summed E-state index contributed by atoms with van der Waals surface area (Å²) < 4.78 is 56.7. The number of ether oxygens (including phenoxy) is 3. The Hall–Kier alpha value is -3.36. The fraction of sp³-hybridized carbons (Fsp3) is 0.736. The Kier molecular flexibility index (Phi) is 36.1. The van der Waals surface area contributed by atoms with Crippen LogP contribution in [0.5, 0.6) is 0 Å². The van der Waals surface area contributed by atoms with Crippen LogP contribution in [-0.4, -0.2) is 108 Å². The summed E-state index contributed by atoms with van der Waals surface area (Å²) in [5.74, 6) is -0.756. The number of aromatic nitrogens is 2. The number of aliphatic hydroxyl groups is 4. The Morgan fingerprint density at radius 1 is 0.733 bits per heavy atom. The van der Waals surface area contributed by atoms with Crippen LogP contribution in [0, 0.1) is 5.92 Å². The average molecular weight is 1100 g/mol. The molecule has 2 rings (SSSR count). The zero-order valence-electron chi connectivity index (χ0n) is 44.7. The lowest BCUT2D eigenvalue weighted by molar-refractivity contribution is -0.161. The quantitative estimate of drug-likeness (QED) is 0.0105. The van der Waals surface area contributed by atoms with E-state index in [9.17, 15) is 53.7 Å². The van der Waals surface area contributed by atoms with Crippen molar-refractivity contribution in [1.82, 2.24) is 9.55 Å². The first-order valence-electron chi connectivity index (χ1n) is 27.2. The highest BCUT2D eigenvalue weighted by Crippen LogP contribution is 2.60. The van der Waals surface area contributed by atoms with Crippen LogP contribution in [-0.2, 0) is 46.3 Å². The van der Waals surface area contributed by atoms with Gasteiger partial charge in [-0.2, -0.15) is 9.29 Å². The molecule has 430 valence electrons. The third-order valence-corrected chi connectivity index (χ3v) is 14.9. The van der Waals surface area contributed by atoms with Gasteiger partial charge in [-0.25, -0.2) is 13.9 Å². The van der Waals surface area contributed by atoms with Gasteiger partial charge in [-0.05, 0) is 50.5 Å². The summed E-state index contributed by atoms with van der Waals surface area (Å²) in [6.45, 7) is 4.19. The lowest BCUT2D eigenvalue weighted by Crippen LogP contribution is -2.36. The fourth-order valence-corrected chi connectivity index (χ4v) is 10.1. The van der Waals surface area contributed by atoms with Crippen molar-refractivity contribution in [1.29, 1.82) is 0 Å². The minimum atomic E-state index is -5.48. The van der Waals surface area contributed by atoms with Crippen LogP contribution in [0.3, 0.4) is 0 Å². The number of rotatable bonds is 44. The molecule has 0 saturated carbocycles. The van der Waals surface area contributed by atoms with E-state index >= 15 is 0 Å². The Morgan fingerprint density at radius 2 is 1.31 bits per heavy atom. The number of anilines is 1. The highest BCUT2D eigenvalue weighted by atomic mass is 31.3. The van der Waals surface area contributed by atoms with Crippen molar-refractivity contribution >= 4 is 33.4 Å². The minimum Gasteiger partial charge on any atom is -0.462 e. The molecule has 8 N–H and O–H groups in total. The van der Waals surface area contributed by atoms with Crippen LogP contribution < -0.4 is 11.4 Å². The first-order valence-corrected chi connectivity index (χ1v) is 30.2. The molecule has 20 nitrogen and oxygen atoms in total. The second-order valence-electron chi connectivity index (χ2n) is 19.6. The predicted octanol–water partition coefficient (Wildman–Crippen LogP) is 9.53. The number of phosphoric ester groups is 2. The van der Waals surface area contributed by atoms with E-state index in [1.807, 2.05) is 6.08 Å². The molecule has 1 saturated heterocycles. The van der Waals surface area contributed by atoms with Crippen LogP contribution in [0.2, 0.25) is 0 Å². The van der Waals surface area contributed by atoms with Crippen molar-refractivity contribution in [3.8, 4) is 0 Å². The van der Waals surface area contributed by atoms with Crippen LogP contribution in [0.1, 0.15) is 188 Å². The van der Waals surface area contributed by atoms with E-state index in [1.165, 1.54) is 83.1 Å². The topological polar surface area (TPSA) is 306 Å². The molecule has 0 bridgehead atoms. The lowest BCUT2D eigenvalue weighted by Gasteiger charge is -2.21. The first-order chi connectivity index (χ1) is 35.8. The normalized spacial score (nSPS) is 20.1. The average Bonchev–Trinajstić information content (AvgIpc) is 3.63. The number of esters is 2. The molecule has 1 aromatic rings. The smallest absolute Gasteiger partial charge is 0.462 e. The van der Waals surface area contributed by atoms with Crippen molar-refractivity contribution in [3.63, 3.8) is 0 Å². The van der Waals surface area contributed by atoms with Gasteiger partial charge in [0, 0.05) is 19.0 Å². The van der Waals surface area contributed by atoms with E-state index in [4.69, 9.17) is 29.0 Å². The van der Waals surface area contributed by atoms with Crippen molar-refractivity contribution in [2.24, 2.45) is 5.92 Å². The van der Waals surface area contributed by atoms with Crippen molar-refractivity contribution in [2.45, 2.75) is 224 Å². The number of aliphatic hydroxyl groups excluding tert-OH is 4. The van der Waals surface area contributed by atoms with Crippen LogP contribution in [0.4, 0.5) is 5.82 Å². The number of carbonyl (C=O) groups is 2. The number of nitrogens with two attached hydrogens (primary N) is 1. The second kappa shape index (κ2) is 39.9. The number of allylic oxidation sites excluding steroid dienone is 5. The SMILES string of the molecule is CCCCC/C=C\C[C@@H](O)/C=C/C=C/C=C\[C@@H](O)CCCC(=O)OC[C@H](COP(=O)(O)OP(=O)(O)OC[C@H]1O[C@@H](n2ccc(N)nc2=O)[C@H](O)[C@@H]1O)OC(=O)CCCCCCCCCCCCCCCCCC(C)C. The molecule has 0 amide bonds. The van der Waals surface area contributed by atoms with E-state index in [1.54, 1.807) is 36.5 Å². The Balaban J connectivity index is 1.84. The summed E-state index contributed by atoms with van der Waals surface area (Å²) in [5, 5.41) is 41.4. The molecule has 0 spiro atoms. The molecule has 0 aliphatic carbocycles. The fourth-order valence-electron chi connectivity index (χ4n) is 7.99. The number of phosphoric acid groups is 2. The summed E-state index contributed by atoms with van der Waals surface area (Å²) in [6.07, 6.45) is 29.5. The van der Waals surface area contributed by atoms with Crippen LogP contribution in [0.25, 0.3) is 0 Å². The molecule has 75 heavy (non-hydrogen) atoms. The Bertz CT molecular complexity index is 2000. The number of unbranched alkanes of at least 4 members (excludes halogenated alkanes) is 17. The minimum absolute atomic E-state index is 0.00104. The molecular weight excluding hydrogens is 1010 g/mol. The molecule has 1 aliphatic rings. The molecule has 1 fully saturated rings. The number of nitrogens with zero attached hydrogens (tertiary/aromatic N) is 2. The number of hydrogen-bond acceptors (Lipinski definition) is 17. The van der Waals surface area contributed by atoms with E-state index in [0.29, 0.717) is 12.8 Å². The van der Waals surface area contributed by atoms with Crippen molar-refractivity contribution < 1.29 is 76.5 Å². The summed E-state index contributed by atoms with van der Waals surface area (Å²) in [6, 6.07) is 1.23. The maximum absolute atomic E-state index is 12.9. The summed E-state index contributed by atoms with van der Waals surface area (Å²) >= 11 is 0. The van der Waals surface area contributed by atoms with E-state index in [-0.39, 0.29) is 31.5 Å². The third kappa shape index (κ3) is 33.5. The van der Waals surface area contributed by atoms with Gasteiger partial charge in [0.1, 0.15) is 30.7 Å². The van der Waals surface area contributed by atoms with Gasteiger partial charge in [-0.15, -0.1) is 0 Å². The zero-order valence-corrected chi connectivity index (χ0v) is 46.5. The standard InChI is InChI=1S/C53H91N3O17P2/c1-4-5-6-7-20-25-31-43(57)32-26-22-23-27-33-44(58)34-29-36-48(59)68-39-45(71-49(60)35-28-21-18-16-14-12-10-8-9-11-13-15-17-19-24-30-42(2)3)40-69-74(64,65)73-75(66,67)70-41-46-50(61)51(62)52(72-46)56-38-37-47(54)55-53(56)63/h20,22-23,25-27,32-33,37-38,42-46,50-52,57-58,61-62H,4-19,21,24,28-31,34-36,39-41H2,1-3H3,(H,64,65)(H,66,67)(H2,54,55,63)/b23-22+,25-20-,32-26+,33-27-/t43-,44-,45-,46-,50-,51-,52-/m1/s1. The van der Waals surface area contributed by atoms with Gasteiger partial charge in [0.05, 0.1) is 25.4 Å². The molecule has 1 aromatic heterocycles. The number of nitrogen functional groups attached to an aromatic ring is 1. The zero-order chi connectivity index (χ0) is 55.3. The van der Waals surface area contributed by atoms with Gasteiger partial charge in [-0.1, -0.05) is 179 Å². The Morgan fingerprint density at radius 3 is 1.91 bits per heavy atom. The maximum atomic E-state index is 12.9. The molecule has 22 heteroatoms. The molecule has 2 heterocycles. The van der Waals surface area contributed by atoms with Gasteiger partial charge in [-0.3, -0.25) is 23.2 Å². The predicted molar refractivity (Wildman–Crippen MR) is 287 cm³/mol. The highest BCUT2D eigenvalue weighted by Gasteiger charge is 2.46. The van der Waals surface area contributed by atoms with E-state index < -0.39 is 95.9 Å². The summed E-state index contributed by atoms with van der Waals surface area (Å²) in [7, 11) is -11.0. The third-order valence-electron chi connectivity index (χ3n) is 12.3. The van der Waals surface area contributed by atoms with Crippen molar-refractivity contribution in [3.05, 3.63) is 71.4 Å². The first kappa shape index (κ1) is 67.7. The van der Waals surface area contributed by atoms with Gasteiger partial charge < -0.3 is 50.2 Å². The van der Waals surface area contributed by atoms with E-state index in [2.05, 4.69) is 36.1 Å². The molecule has 0 aromatic carbocycles. The molecule has 0 radical (unpaired) electrons.